The highest BCUT2D eigenvalue weighted by Crippen LogP contribution is 2.20. The highest BCUT2D eigenvalue weighted by molar-refractivity contribution is 7.92. The van der Waals surface area contributed by atoms with E-state index in [9.17, 15) is 18.0 Å². The molecule has 160 valence electrons. The molecule has 0 saturated carbocycles. The molecule has 3 rings (SSSR count). The van der Waals surface area contributed by atoms with E-state index in [1.807, 2.05) is 13.0 Å². The zero-order chi connectivity index (χ0) is 22.4. The number of rotatable bonds is 7. The van der Waals surface area contributed by atoms with Crippen molar-refractivity contribution in [2.24, 2.45) is 0 Å². The van der Waals surface area contributed by atoms with Crippen LogP contribution in [0.2, 0.25) is 0 Å². The quantitative estimate of drug-likeness (QED) is 0.524. The predicted octanol–water partition coefficient (Wildman–Crippen LogP) is 2.87. The Morgan fingerprint density at radius 2 is 1.74 bits per heavy atom. The van der Waals surface area contributed by atoms with E-state index in [2.05, 4.69) is 20.3 Å². The lowest BCUT2D eigenvalue weighted by atomic mass is 10.1. The van der Waals surface area contributed by atoms with Crippen molar-refractivity contribution in [3.8, 4) is 0 Å². The zero-order valence-corrected chi connectivity index (χ0v) is 17.9. The molecular formula is C22H22N4O4S. The molecule has 0 saturated heterocycles. The number of aryl methyl sites for hydroxylation is 2. The molecule has 2 aromatic carbocycles. The lowest BCUT2D eigenvalue weighted by Gasteiger charge is -2.12. The van der Waals surface area contributed by atoms with Crippen LogP contribution in [0.3, 0.4) is 0 Å². The van der Waals surface area contributed by atoms with Gasteiger partial charge in [0, 0.05) is 17.4 Å². The number of sulfonamides is 1. The second-order valence-corrected chi connectivity index (χ2v) is 8.61. The summed E-state index contributed by atoms with van der Waals surface area (Å²) in [7, 11) is -3.89. The molecule has 0 atom stereocenters. The summed E-state index contributed by atoms with van der Waals surface area (Å²) in [5.74, 6) is -0.977. The average Bonchev–Trinajstić information content (AvgIpc) is 2.72. The zero-order valence-electron chi connectivity index (χ0n) is 17.0. The first kappa shape index (κ1) is 22.0. The lowest BCUT2D eigenvalue weighted by Crippen LogP contribution is -2.33. The Bertz CT molecular complexity index is 1210. The molecule has 0 aliphatic heterocycles. The molecular weight excluding hydrogens is 416 g/mol. The second-order valence-electron chi connectivity index (χ2n) is 6.92. The fourth-order valence-corrected chi connectivity index (χ4v) is 3.91. The molecule has 0 aliphatic rings. The van der Waals surface area contributed by atoms with Gasteiger partial charge in [0.1, 0.15) is 0 Å². The summed E-state index contributed by atoms with van der Waals surface area (Å²) in [4.78, 5) is 28.5. The Hall–Kier alpha value is -3.72. The Kier molecular flexibility index (Phi) is 6.66. The molecule has 0 unspecified atom stereocenters. The normalized spacial score (nSPS) is 10.9. The van der Waals surface area contributed by atoms with Crippen LogP contribution in [0, 0.1) is 13.8 Å². The second kappa shape index (κ2) is 9.40. The van der Waals surface area contributed by atoms with E-state index in [-0.39, 0.29) is 17.0 Å². The van der Waals surface area contributed by atoms with Gasteiger partial charge >= 0.3 is 0 Å². The maximum atomic E-state index is 12.8. The van der Waals surface area contributed by atoms with Gasteiger partial charge in [0.2, 0.25) is 5.91 Å². The number of hydrogen-bond donors (Lipinski definition) is 3. The van der Waals surface area contributed by atoms with Crippen molar-refractivity contribution in [3.63, 3.8) is 0 Å². The summed E-state index contributed by atoms with van der Waals surface area (Å²) in [5.41, 5.74) is 2.60. The minimum absolute atomic E-state index is 0.0513. The van der Waals surface area contributed by atoms with Crippen LogP contribution in [-0.2, 0) is 14.8 Å². The summed E-state index contributed by atoms with van der Waals surface area (Å²) >= 11 is 0. The topological polar surface area (TPSA) is 117 Å². The van der Waals surface area contributed by atoms with Gasteiger partial charge in [-0.25, -0.2) is 8.42 Å². The van der Waals surface area contributed by atoms with Crippen molar-refractivity contribution in [1.82, 2.24) is 10.3 Å². The summed E-state index contributed by atoms with van der Waals surface area (Å²) in [5, 5.41) is 5.12. The summed E-state index contributed by atoms with van der Waals surface area (Å²) in [6.45, 7) is 3.28. The van der Waals surface area contributed by atoms with E-state index in [0.29, 0.717) is 16.9 Å². The molecule has 8 nitrogen and oxygen atoms in total. The van der Waals surface area contributed by atoms with E-state index in [0.717, 1.165) is 5.56 Å². The Labute approximate surface area is 180 Å². The third-order valence-corrected chi connectivity index (χ3v) is 5.77. The summed E-state index contributed by atoms with van der Waals surface area (Å²) < 4.78 is 28.0. The van der Waals surface area contributed by atoms with Gasteiger partial charge in [0.15, 0.2) is 0 Å². The lowest BCUT2D eigenvalue weighted by molar-refractivity contribution is -0.115. The highest BCUT2D eigenvalue weighted by atomic mass is 32.2. The molecule has 0 radical (unpaired) electrons. The Balaban J connectivity index is 1.71. The molecule has 0 aliphatic carbocycles. The number of carbonyl (C=O) groups is 2. The molecule has 0 spiro atoms. The molecule has 0 fully saturated rings. The minimum atomic E-state index is -3.89. The predicted molar refractivity (Wildman–Crippen MR) is 118 cm³/mol. The number of pyridine rings is 1. The number of carbonyl (C=O) groups excluding carboxylic acids is 2. The van der Waals surface area contributed by atoms with Gasteiger partial charge in [0.05, 0.1) is 23.3 Å². The number of aromatic nitrogens is 1. The molecule has 2 amide bonds. The Morgan fingerprint density at radius 1 is 0.968 bits per heavy atom. The number of hydrogen-bond acceptors (Lipinski definition) is 5. The molecule has 0 bridgehead atoms. The first-order valence-electron chi connectivity index (χ1n) is 9.43. The molecule has 9 heteroatoms. The van der Waals surface area contributed by atoms with Gasteiger partial charge in [-0.1, -0.05) is 18.2 Å². The third-order valence-electron chi connectivity index (χ3n) is 4.39. The van der Waals surface area contributed by atoms with Gasteiger partial charge in [-0.2, -0.15) is 0 Å². The van der Waals surface area contributed by atoms with Gasteiger partial charge < -0.3 is 10.6 Å². The number of anilines is 2. The van der Waals surface area contributed by atoms with Crippen molar-refractivity contribution >= 4 is 33.2 Å². The molecule has 3 N–H and O–H groups in total. The van der Waals surface area contributed by atoms with Gasteiger partial charge in [-0.05, 0) is 61.4 Å². The first-order valence-corrected chi connectivity index (χ1v) is 10.9. The fourth-order valence-electron chi connectivity index (χ4n) is 2.83. The largest absolute Gasteiger partial charge is 0.343 e. The van der Waals surface area contributed by atoms with Crippen molar-refractivity contribution in [2.75, 3.05) is 16.6 Å². The van der Waals surface area contributed by atoms with Crippen LogP contribution in [-0.4, -0.2) is 31.8 Å². The van der Waals surface area contributed by atoms with E-state index >= 15 is 0 Å². The van der Waals surface area contributed by atoms with Crippen LogP contribution in [0.15, 0.2) is 71.9 Å². The number of amides is 2. The first-order chi connectivity index (χ1) is 14.7. The number of benzene rings is 2. The maximum Gasteiger partial charge on any atom is 0.261 e. The van der Waals surface area contributed by atoms with E-state index in [1.165, 1.54) is 18.3 Å². The maximum absolute atomic E-state index is 12.8. The number of nitrogens with one attached hydrogen (secondary N) is 3. The van der Waals surface area contributed by atoms with Crippen molar-refractivity contribution in [3.05, 3.63) is 83.7 Å². The number of nitrogens with zero attached hydrogens (tertiary/aromatic N) is 1. The van der Waals surface area contributed by atoms with Crippen LogP contribution in [0.25, 0.3) is 0 Å². The smallest absolute Gasteiger partial charge is 0.261 e. The molecule has 31 heavy (non-hydrogen) atoms. The highest BCUT2D eigenvalue weighted by Gasteiger charge is 2.19. The van der Waals surface area contributed by atoms with E-state index in [4.69, 9.17) is 0 Å². The fraction of sp³-hybridized carbons (Fsp3) is 0.136. The van der Waals surface area contributed by atoms with Gasteiger partial charge in [0.25, 0.3) is 15.9 Å². The van der Waals surface area contributed by atoms with Crippen molar-refractivity contribution < 1.29 is 18.0 Å². The van der Waals surface area contributed by atoms with Gasteiger partial charge in [-0.3, -0.25) is 19.3 Å². The van der Waals surface area contributed by atoms with Crippen molar-refractivity contribution in [2.45, 2.75) is 18.7 Å². The SMILES string of the molecule is Cc1cccc(NS(=O)(=O)c2ccc(C)c(C(=O)NCC(=O)Nc3cccnc3)c2)c1. The monoisotopic (exact) mass is 438 g/mol. The van der Waals surface area contributed by atoms with E-state index in [1.54, 1.807) is 49.5 Å². The van der Waals surface area contributed by atoms with Crippen LogP contribution in [0.5, 0.6) is 0 Å². The van der Waals surface area contributed by atoms with E-state index < -0.39 is 21.8 Å². The van der Waals surface area contributed by atoms with Gasteiger partial charge in [-0.15, -0.1) is 0 Å². The average molecular weight is 439 g/mol. The molecule has 1 heterocycles. The van der Waals surface area contributed by atoms with Crippen LogP contribution in [0.1, 0.15) is 21.5 Å². The minimum Gasteiger partial charge on any atom is -0.343 e. The van der Waals surface area contributed by atoms with Crippen LogP contribution >= 0.6 is 0 Å². The van der Waals surface area contributed by atoms with Crippen LogP contribution < -0.4 is 15.4 Å². The molecule has 1 aromatic heterocycles. The third kappa shape index (κ3) is 5.89. The standard InChI is InChI=1S/C22H22N4O4S/c1-15-5-3-6-17(11-15)26-31(29,30)19-9-8-16(2)20(12-19)22(28)24-14-21(27)25-18-7-4-10-23-13-18/h3-13,26H,14H2,1-2H3,(H,24,28)(H,25,27). The summed E-state index contributed by atoms with van der Waals surface area (Å²) in [6.07, 6.45) is 3.06. The Morgan fingerprint density at radius 3 is 2.45 bits per heavy atom. The summed E-state index contributed by atoms with van der Waals surface area (Å²) in [6, 6.07) is 14.6. The van der Waals surface area contributed by atoms with Crippen LogP contribution in [0.4, 0.5) is 11.4 Å². The van der Waals surface area contributed by atoms with Crippen molar-refractivity contribution in [1.29, 1.82) is 0 Å². The molecule has 3 aromatic rings.